The molecular weight excluding hydrogens is 242 g/mol. The number of pyridine rings is 1. The summed E-state index contributed by atoms with van der Waals surface area (Å²) >= 11 is 0. The summed E-state index contributed by atoms with van der Waals surface area (Å²) in [5.41, 5.74) is 2.70. The number of aromatic amines is 1. The van der Waals surface area contributed by atoms with Gasteiger partial charge in [0.2, 0.25) is 0 Å². The van der Waals surface area contributed by atoms with Crippen molar-refractivity contribution in [3.63, 3.8) is 0 Å². The van der Waals surface area contributed by atoms with Gasteiger partial charge in [0.1, 0.15) is 18.1 Å². The van der Waals surface area contributed by atoms with Crippen LogP contribution >= 0.6 is 0 Å². The lowest BCUT2D eigenvalue weighted by Crippen LogP contribution is -1.98. The number of H-pyrrole nitrogens is 1. The molecule has 0 aliphatic heterocycles. The van der Waals surface area contributed by atoms with Gasteiger partial charge in [-0.05, 0) is 31.2 Å². The molecule has 0 saturated carbocycles. The highest BCUT2D eigenvalue weighted by atomic mass is 16.5. The maximum absolute atomic E-state index is 5.63. The Bertz CT molecular complexity index is 642. The molecule has 3 aromatic heterocycles. The fourth-order valence-electron chi connectivity index (χ4n) is 1.72. The molecule has 19 heavy (non-hydrogen) atoms. The molecular formula is C14H13N3O2. The van der Waals surface area contributed by atoms with E-state index in [1.807, 2.05) is 31.2 Å². The summed E-state index contributed by atoms with van der Waals surface area (Å²) in [5.74, 6) is 1.45. The van der Waals surface area contributed by atoms with Crippen molar-refractivity contribution in [2.45, 2.75) is 13.5 Å². The van der Waals surface area contributed by atoms with E-state index in [9.17, 15) is 0 Å². The van der Waals surface area contributed by atoms with E-state index in [0.717, 1.165) is 22.8 Å². The van der Waals surface area contributed by atoms with Gasteiger partial charge in [-0.2, -0.15) is 0 Å². The molecule has 3 aromatic rings. The predicted molar refractivity (Wildman–Crippen MR) is 69.6 cm³/mol. The summed E-state index contributed by atoms with van der Waals surface area (Å²) in [5, 5.41) is 0. The third-order valence-corrected chi connectivity index (χ3v) is 2.82. The molecule has 3 heterocycles. The summed E-state index contributed by atoms with van der Waals surface area (Å²) < 4.78 is 10.9. The number of ether oxygens (including phenoxy) is 1. The van der Waals surface area contributed by atoms with Gasteiger partial charge in [0, 0.05) is 5.69 Å². The van der Waals surface area contributed by atoms with Crippen molar-refractivity contribution >= 4 is 0 Å². The number of aromatic nitrogens is 3. The molecule has 5 heteroatoms. The summed E-state index contributed by atoms with van der Waals surface area (Å²) in [4.78, 5) is 11.5. The quantitative estimate of drug-likeness (QED) is 0.778. The Labute approximate surface area is 110 Å². The Morgan fingerprint density at radius 2 is 2.21 bits per heavy atom. The standard InChI is InChI=1S/C14H13N3O2/c1-10-13(17-9-16-10)8-19-11-4-5-12(15-7-11)14-3-2-6-18-14/h2-7,9H,8H2,1H3,(H,16,17). The number of furan rings is 1. The Morgan fingerprint density at radius 1 is 1.26 bits per heavy atom. The largest absolute Gasteiger partial charge is 0.486 e. The normalized spacial score (nSPS) is 10.6. The first-order chi connectivity index (χ1) is 9.33. The molecule has 0 saturated heterocycles. The van der Waals surface area contributed by atoms with Crippen LogP contribution in [0.5, 0.6) is 5.75 Å². The summed E-state index contributed by atoms with van der Waals surface area (Å²) in [6, 6.07) is 7.44. The number of hydrogen-bond acceptors (Lipinski definition) is 4. The fraction of sp³-hybridized carbons (Fsp3) is 0.143. The molecule has 1 N–H and O–H groups in total. The van der Waals surface area contributed by atoms with Crippen molar-refractivity contribution in [2.75, 3.05) is 0 Å². The molecule has 3 rings (SSSR count). The van der Waals surface area contributed by atoms with Gasteiger partial charge in [-0.1, -0.05) is 0 Å². The minimum Gasteiger partial charge on any atom is -0.486 e. The van der Waals surface area contributed by atoms with Gasteiger partial charge in [0.25, 0.3) is 0 Å². The number of aryl methyl sites for hydroxylation is 1. The molecule has 0 aliphatic rings. The molecule has 0 fully saturated rings. The Kier molecular flexibility index (Phi) is 3.02. The van der Waals surface area contributed by atoms with Crippen molar-refractivity contribution in [3.05, 3.63) is 54.4 Å². The number of nitrogens with zero attached hydrogens (tertiary/aromatic N) is 2. The van der Waals surface area contributed by atoms with E-state index in [0.29, 0.717) is 12.4 Å². The minimum absolute atomic E-state index is 0.428. The molecule has 0 atom stereocenters. The number of hydrogen-bond donors (Lipinski definition) is 1. The second kappa shape index (κ2) is 4.97. The molecule has 0 amide bonds. The van der Waals surface area contributed by atoms with Crippen LogP contribution in [0.15, 0.2) is 47.5 Å². The smallest absolute Gasteiger partial charge is 0.152 e. The van der Waals surface area contributed by atoms with Crippen LogP contribution in [-0.2, 0) is 6.61 Å². The van der Waals surface area contributed by atoms with Crippen molar-refractivity contribution in [1.29, 1.82) is 0 Å². The lowest BCUT2D eigenvalue weighted by molar-refractivity contribution is 0.300. The van der Waals surface area contributed by atoms with Gasteiger partial charge in [-0.25, -0.2) is 9.97 Å². The zero-order valence-corrected chi connectivity index (χ0v) is 10.5. The van der Waals surface area contributed by atoms with E-state index in [4.69, 9.17) is 9.15 Å². The van der Waals surface area contributed by atoms with E-state index in [2.05, 4.69) is 15.0 Å². The van der Waals surface area contributed by atoms with Crippen LogP contribution < -0.4 is 4.74 Å². The highest BCUT2D eigenvalue weighted by Gasteiger charge is 2.04. The van der Waals surface area contributed by atoms with Gasteiger partial charge in [0.05, 0.1) is 24.5 Å². The molecule has 96 valence electrons. The zero-order valence-electron chi connectivity index (χ0n) is 10.5. The maximum Gasteiger partial charge on any atom is 0.152 e. The second-order valence-corrected chi connectivity index (χ2v) is 4.12. The van der Waals surface area contributed by atoms with Crippen molar-refractivity contribution in [2.24, 2.45) is 0 Å². The fourth-order valence-corrected chi connectivity index (χ4v) is 1.72. The average Bonchev–Trinajstić information content (AvgIpc) is 3.09. The molecule has 0 unspecified atom stereocenters. The van der Waals surface area contributed by atoms with Gasteiger partial charge in [-0.3, -0.25) is 0 Å². The van der Waals surface area contributed by atoms with Gasteiger partial charge < -0.3 is 14.1 Å². The number of nitrogens with one attached hydrogen (secondary N) is 1. The van der Waals surface area contributed by atoms with Crippen LogP contribution in [0.1, 0.15) is 11.4 Å². The lowest BCUT2D eigenvalue weighted by atomic mass is 10.3. The van der Waals surface area contributed by atoms with Crippen LogP contribution in [0, 0.1) is 6.92 Å². The molecule has 0 radical (unpaired) electrons. The van der Waals surface area contributed by atoms with Crippen LogP contribution in [0.2, 0.25) is 0 Å². The van der Waals surface area contributed by atoms with Gasteiger partial charge >= 0.3 is 0 Å². The predicted octanol–water partition coefficient (Wildman–Crippen LogP) is 2.95. The van der Waals surface area contributed by atoms with E-state index in [-0.39, 0.29) is 0 Å². The van der Waals surface area contributed by atoms with Crippen LogP contribution in [-0.4, -0.2) is 15.0 Å². The maximum atomic E-state index is 5.63. The number of imidazole rings is 1. The zero-order chi connectivity index (χ0) is 13.1. The second-order valence-electron chi connectivity index (χ2n) is 4.12. The van der Waals surface area contributed by atoms with Crippen molar-refractivity contribution in [1.82, 2.24) is 15.0 Å². The molecule has 0 bridgehead atoms. The Morgan fingerprint density at radius 3 is 2.84 bits per heavy atom. The summed E-state index contributed by atoms with van der Waals surface area (Å²) in [6.45, 7) is 2.39. The van der Waals surface area contributed by atoms with E-state index >= 15 is 0 Å². The highest BCUT2D eigenvalue weighted by molar-refractivity contribution is 5.52. The van der Waals surface area contributed by atoms with E-state index < -0.39 is 0 Å². The topological polar surface area (TPSA) is 63.9 Å². The van der Waals surface area contributed by atoms with E-state index in [1.165, 1.54) is 0 Å². The van der Waals surface area contributed by atoms with Crippen LogP contribution in [0.25, 0.3) is 11.5 Å². The summed E-state index contributed by atoms with van der Waals surface area (Å²) in [6.07, 6.45) is 4.97. The monoisotopic (exact) mass is 255 g/mol. The molecule has 5 nitrogen and oxygen atoms in total. The first-order valence-corrected chi connectivity index (χ1v) is 5.94. The third-order valence-electron chi connectivity index (χ3n) is 2.82. The van der Waals surface area contributed by atoms with Gasteiger partial charge in [0.15, 0.2) is 5.76 Å². The summed E-state index contributed by atoms with van der Waals surface area (Å²) in [7, 11) is 0. The minimum atomic E-state index is 0.428. The van der Waals surface area contributed by atoms with Crippen LogP contribution in [0.4, 0.5) is 0 Å². The highest BCUT2D eigenvalue weighted by Crippen LogP contribution is 2.20. The Balaban J connectivity index is 1.68. The Hall–Kier alpha value is -2.56. The van der Waals surface area contributed by atoms with Gasteiger partial charge in [-0.15, -0.1) is 0 Å². The molecule has 0 aromatic carbocycles. The van der Waals surface area contributed by atoms with Crippen LogP contribution in [0.3, 0.4) is 0 Å². The van der Waals surface area contributed by atoms with E-state index in [1.54, 1.807) is 18.8 Å². The first-order valence-electron chi connectivity index (χ1n) is 5.94. The SMILES string of the molecule is Cc1[nH]cnc1COc1ccc(-c2ccco2)nc1. The molecule has 0 aliphatic carbocycles. The average molecular weight is 255 g/mol. The first kappa shape index (κ1) is 11.5. The lowest BCUT2D eigenvalue weighted by Gasteiger charge is -2.05. The molecule has 0 spiro atoms. The van der Waals surface area contributed by atoms with Crippen molar-refractivity contribution in [3.8, 4) is 17.2 Å². The van der Waals surface area contributed by atoms with Crippen molar-refractivity contribution < 1.29 is 9.15 Å². The third kappa shape index (κ3) is 2.49. The number of rotatable bonds is 4.